The molecule has 3 aromatic carbocycles. The average Bonchev–Trinajstić information content (AvgIpc) is 3.33. The number of methoxy groups -OCH3 is 2. The van der Waals surface area contributed by atoms with Crippen molar-refractivity contribution in [3.8, 4) is 23.0 Å². The minimum Gasteiger partial charge on any atom is -0.493 e. The number of carbonyl (C=O) groups is 1. The molecular weight excluding hydrogens is 487 g/mol. The van der Waals surface area contributed by atoms with E-state index in [1.807, 2.05) is 37.3 Å². The Morgan fingerprint density at radius 2 is 1.74 bits per heavy atom. The van der Waals surface area contributed by atoms with Gasteiger partial charge in [0.15, 0.2) is 23.1 Å². The van der Waals surface area contributed by atoms with Gasteiger partial charge < -0.3 is 23.8 Å². The van der Waals surface area contributed by atoms with Crippen molar-refractivity contribution in [3.05, 3.63) is 84.3 Å². The maximum absolute atomic E-state index is 15.3. The number of pyridine rings is 1. The summed E-state index contributed by atoms with van der Waals surface area (Å²) in [5.41, 5.74) is 2.13. The molecule has 2 unspecified atom stereocenters. The predicted molar refractivity (Wildman–Crippen MR) is 143 cm³/mol. The van der Waals surface area contributed by atoms with Gasteiger partial charge in [-0.1, -0.05) is 30.3 Å². The van der Waals surface area contributed by atoms with E-state index in [1.54, 1.807) is 49.6 Å². The number of ether oxygens (including phenoxy) is 4. The van der Waals surface area contributed by atoms with Crippen LogP contribution in [0.4, 0.5) is 10.1 Å². The average molecular weight is 517 g/mol. The van der Waals surface area contributed by atoms with Crippen LogP contribution in [0, 0.1) is 11.7 Å². The zero-order valence-corrected chi connectivity index (χ0v) is 21.5. The molecule has 0 aliphatic carbocycles. The van der Waals surface area contributed by atoms with Gasteiger partial charge in [-0.05, 0) is 36.8 Å². The van der Waals surface area contributed by atoms with Crippen molar-refractivity contribution in [1.82, 2.24) is 4.98 Å². The number of anilines is 1. The number of aromatic nitrogens is 1. The van der Waals surface area contributed by atoms with Gasteiger partial charge in [-0.3, -0.25) is 9.78 Å². The zero-order valence-electron chi connectivity index (χ0n) is 21.5. The van der Waals surface area contributed by atoms with Crippen LogP contribution in [0.25, 0.3) is 10.9 Å². The summed E-state index contributed by atoms with van der Waals surface area (Å²) in [5.74, 6) is 0.819. The van der Waals surface area contributed by atoms with Gasteiger partial charge in [-0.15, -0.1) is 0 Å². The summed E-state index contributed by atoms with van der Waals surface area (Å²) >= 11 is 0. The zero-order chi connectivity index (χ0) is 26.6. The van der Waals surface area contributed by atoms with Crippen molar-refractivity contribution in [3.63, 3.8) is 0 Å². The summed E-state index contributed by atoms with van der Waals surface area (Å²) in [6, 6.07) is 19.6. The molecule has 0 N–H and O–H groups in total. The van der Waals surface area contributed by atoms with Crippen molar-refractivity contribution in [2.45, 2.75) is 19.4 Å². The molecule has 4 aromatic rings. The Morgan fingerprint density at radius 3 is 2.45 bits per heavy atom. The lowest BCUT2D eigenvalue weighted by Gasteiger charge is -2.24. The van der Waals surface area contributed by atoms with Gasteiger partial charge in [-0.25, -0.2) is 4.39 Å². The summed E-state index contributed by atoms with van der Waals surface area (Å²) in [6.45, 7) is 2.92. The van der Waals surface area contributed by atoms with E-state index < -0.39 is 5.82 Å². The number of hydrogen-bond acceptors (Lipinski definition) is 6. The molecule has 1 fully saturated rings. The number of nitrogens with zero attached hydrogens (tertiary/aromatic N) is 2. The molecule has 0 bridgehead atoms. The van der Waals surface area contributed by atoms with Gasteiger partial charge in [0.05, 0.1) is 25.8 Å². The molecule has 1 amide bonds. The van der Waals surface area contributed by atoms with Crippen molar-refractivity contribution in [2.24, 2.45) is 5.92 Å². The largest absolute Gasteiger partial charge is 0.493 e. The highest BCUT2D eigenvalue weighted by molar-refractivity contribution is 5.96. The number of rotatable bonds is 9. The van der Waals surface area contributed by atoms with Gasteiger partial charge in [0, 0.05) is 54.9 Å². The lowest BCUT2D eigenvalue weighted by atomic mass is 9.94. The van der Waals surface area contributed by atoms with E-state index >= 15 is 4.39 Å². The predicted octanol–water partition coefficient (Wildman–Crippen LogP) is 6.31. The number of halogens is 1. The molecule has 1 aliphatic heterocycles. The monoisotopic (exact) mass is 516 g/mol. The maximum atomic E-state index is 15.3. The number of amides is 1. The molecule has 1 aromatic heterocycles. The molecule has 38 heavy (non-hydrogen) atoms. The van der Waals surface area contributed by atoms with E-state index in [0.717, 1.165) is 5.56 Å². The summed E-state index contributed by atoms with van der Waals surface area (Å²) in [4.78, 5) is 18.9. The van der Waals surface area contributed by atoms with E-state index in [4.69, 9.17) is 18.9 Å². The Morgan fingerprint density at radius 1 is 0.974 bits per heavy atom. The van der Waals surface area contributed by atoms with E-state index in [9.17, 15) is 4.79 Å². The molecule has 196 valence electrons. The molecule has 2 atom stereocenters. The minimum absolute atomic E-state index is 0.0377. The molecule has 1 saturated heterocycles. The van der Waals surface area contributed by atoms with Crippen LogP contribution in [0.1, 0.15) is 25.0 Å². The Labute approximate surface area is 220 Å². The Balaban J connectivity index is 1.38. The fourth-order valence-electron chi connectivity index (χ4n) is 4.91. The molecule has 0 radical (unpaired) electrons. The summed E-state index contributed by atoms with van der Waals surface area (Å²) in [7, 11) is 3.09. The second-order valence-electron chi connectivity index (χ2n) is 9.01. The number of benzene rings is 3. The Hall–Kier alpha value is -4.17. The second kappa shape index (κ2) is 11.1. The first-order valence-electron chi connectivity index (χ1n) is 12.5. The smallest absolute Gasteiger partial charge is 0.227 e. The number of hydrogen-bond donors (Lipinski definition) is 0. The van der Waals surface area contributed by atoms with Crippen LogP contribution in [-0.2, 0) is 9.53 Å². The highest BCUT2D eigenvalue weighted by Gasteiger charge is 2.37. The summed E-state index contributed by atoms with van der Waals surface area (Å²) < 4.78 is 38.0. The van der Waals surface area contributed by atoms with E-state index in [-0.39, 0.29) is 23.7 Å². The van der Waals surface area contributed by atoms with Crippen LogP contribution < -0.4 is 19.1 Å². The first kappa shape index (κ1) is 25.5. The lowest BCUT2D eigenvalue weighted by molar-refractivity contribution is -0.117. The van der Waals surface area contributed by atoms with E-state index in [2.05, 4.69) is 4.98 Å². The van der Waals surface area contributed by atoms with Crippen LogP contribution in [-0.4, -0.2) is 38.3 Å². The van der Waals surface area contributed by atoms with Crippen molar-refractivity contribution in [2.75, 3.05) is 32.3 Å². The molecule has 7 nitrogen and oxygen atoms in total. The Kier molecular flexibility index (Phi) is 7.42. The summed E-state index contributed by atoms with van der Waals surface area (Å²) in [5, 5.41) is 0.647. The van der Waals surface area contributed by atoms with Crippen LogP contribution in [0.2, 0.25) is 0 Å². The van der Waals surface area contributed by atoms with E-state index in [0.29, 0.717) is 53.4 Å². The molecule has 0 spiro atoms. The second-order valence-corrected chi connectivity index (χ2v) is 9.01. The van der Waals surface area contributed by atoms with Crippen molar-refractivity contribution in [1.29, 1.82) is 0 Å². The highest BCUT2D eigenvalue weighted by Crippen LogP contribution is 2.39. The molecule has 2 heterocycles. The fraction of sp³-hybridized carbons (Fsp3) is 0.267. The fourth-order valence-corrected chi connectivity index (χ4v) is 4.91. The minimum atomic E-state index is -0.575. The number of fused-ring (bicyclic) bond motifs is 1. The van der Waals surface area contributed by atoms with Gasteiger partial charge >= 0.3 is 0 Å². The van der Waals surface area contributed by atoms with Crippen molar-refractivity contribution >= 4 is 22.5 Å². The van der Waals surface area contributed by atoms with Crippen molar-refractivity contribution < 1.29 is 28.1 Å². The molecule has 0 saturated carbocycles. The third kappa shape index (κ3) is 4.99. The number of carbonyl (C=O) groups excluding carboxylic acids is 1. The van der Waals surface area contributed by atoms with Gasteiger partial charge in [0.25, 0.3) is 0 Å². The Bertz CT molecular complexity index is 1450. The highest BCUT2D eigenvalue weighted by atomic mass is 19.1. The van der Waals surface area contributed by atoms with Crippen LogP contribution >= 0.6 is 0 Å². The third-order valence-electron chi connectivity index (χ3n) is 6.71. The van der Waals surface area contributed by atoms with Gasteiger partial charge in [0.2, 0.25) is 5.91 Å². The van der Waals surface area contributed by atoms with Crippen LogP contribution in [0.15, 0.2) is 72.9 Å². The van der Waals surface area contributed by atoms with Crippen LogP contribution in [0.3, 0.4) is 0 Å². The summed E-state index contributed by atoms with van der Waals surface area (Å²) in [6.07, 6.45) is 1.70. The molecule has 5 rings (SSSR count). The van der Waals surface area contributed by atoms with Gasteiger partial charge in [0.1, 0.15) is 5.75 Å². The standard InChI is InChI=1S/C30H29FN2O5/c1-4-37-30(19-8-6-5-7-9-19)20-14-29(34)33(18-20)21-10-11-26(23(31)15-21)38-25-12-13-32-24-17-28(36-3)27(35-2)16-22(24)25/h5-13,15-17,20,30H,4,14,18H2,1-3H3. The van der Waals surface area contributed by atoms with E-state index in [1.165, 1.54) is 12.1 Å². The third-order valence-corrected chi connectivity index (χ3v) is 6.71. The van der Waals surface area contributed by atoms with Crippen LogP contribution in [0.5, 0.6) is 23.0 Å². The van der Waals surface area contributed by atoms with Gasteiger partial charge in [-0.2, -0.15) is 0 Å². The normalized spacial score (nSPS) is 16.1. The first-order valence-corrected chi connectivity index (χ1v) is 12.5. The lowest BCUT2D eigenvalue weighted by Crippen LogP contribution is -2.26. The topological polar surface area (TPSA) is 70.1 Å². The maximum Gasteiger partial charge on any atom is 0.227 e. The molecular formula is C30H29FN2O5. The quantitative estimate of drug-likeness (QED) is 0.260. The first-order chi connectivity index (χ1) is 18.5. The molecule has 8 heteroatoms. The SMILES string of the molecule is CCOC(c1ccccc1)C1CC(=O)N(c2ccc(Oc3ccnc4cc(OC)c(OC)cc34)c(F)c2)C1. The molecule has 1 aliphatic rings.